The van der Waals surface area contributed by atoms with Crippen molar-refractivity contribution in [3.8, 4) is 0 Å². The second kappa shape index (κ2) is 5.35. The summed E-state index contributed by atoms with van der Waals surface area (Å²) in [6.45, 7) is 11.5. The summed E-state index contributed by atoms with van der Waals surface area (Å²) in [4.78, 5) is 11.9. The topological polar surface area (TPSA) is 69.0 Å². The van der Waals surface area contributed by atoms with Crippen LogP contribution in [-0.2, 0) is 4.74 Å². The number of hydrogen-bond donors (Lipinski definition) is 1. The van der Waals surface area contributed by atoms with Gasteiger partial charge in [0.05, 0.1) is 5.52 Å². The van der Waals surface area contributed by atoms with E-state index in [9.17, 15) is 4.79 Å². The van der Waals surface area contributed by atoms with Crippen molar-refractivity contribution >= 4 is 22.8 Å². The maximum absolute atomic E-state index is 11.9. The number of fused-ring (bicyclic) bond motifs is 1. The van der Waals surface area contributed by atoms with Crippen molar-refractivity contribution in [1.29, 1.82) is 0 Å². The molecule has 2 rings (SSSR count). The number of nitrogens with one attached hydrogen (secondary N) is 1. The van der Waals surface area contributed by atoms with Gasteiger partial charge >= 0.3 is 6.09 Å². The standard InChI is InChI=1S/C15H22N4O2/c1-9(2)19-13-8-11(10(3)7-12(13)17-18-19)16-14(20)21-15(4,5)6/h7-9H,1-6H3,(H,16,20). The number of rotatable bonds is 2. The van der Waals surface area contributed by atoms with E-state index in [-0.39, 0.29) is 6.04 Å². The van der Waals surface area contributed by atoms with E-state index in [4.69, 9.17) is 4.74 Å². The van der Waals surface area contributed by atoms with Crippen molar-refractivity contribution in [1.82, 2.24) is 15.0 Å². The first-order valence-electron chi connectivity index (χ1n) is 7.03. The Morgan fingerprint density at radius 3 is 2.57 bits per heavy atom. The van der Waals surface area contributed by atoms with Crippen LogP contribution in [-0.4, -0.2) is 26.7 Å². The summed E-state index contributed by atoms with van der Waals surface area (Å²) in [6.07, 6.45) is -0.464. The van der Waals surface area contributed by atoms with E-state index in [2.05, 4.69) is 15.6 Å². The zero-order valence-corrected chi connectivity index (χ0v) is 13.4. The number of nitrogens with zero attached hydrogens (tertiary/aromatic N) is 3. The number of carbonyl (C=O) groups excluding carboxylic acids is 1. The van der Waals surface area contributed by atoms with Gasteiger partial charge in [-0.05, 0) is 59.2 Å². The van der Waals surface area contributed by atoms with Gasteiger partial charge in [-0.3, -0.25) is 5.32 Å². The molecule has 1 amide bonds. The van der Waals surface area contributed by atoms with Crippen LogP contribution in [0.3, 0.4) is 0 Å². The Balaban J connectivity index is 2.33. The van der Waals surface area contributed by atoms with Gasteiger partial charge in [-0.1, -0.05) is 5.21 Å². The summed E-state index contributed by atoms with van der Waals surface area (Å²) in [5, 5.41) is 11.1. The summed E-state index contributed by atoms with van der Waals surface area (Å²) < 4.78 is 7.11. The lowest BCUT2D eigenvalue weighted by molar-refractivity contribution is 0.0636. The van der Waals surface area contributed by atoms with Gasteiger partial charge < -0.3 is 4.74 Å². The van der Waals surface area contributed by atoms with Crippen molar-refractivity contribution in [3.63, 3.8) is 0 Å². The predicted octanol–water partition coefficient (Wildman–Crippen LogP) is 3.67. The molecule has 0 spiro atoms. The highest BCUT2D eigenvalue weighted by molar-refractivity contribution is 5.90. The molecule has 0 bridgehead atoms. The highest BCUT2D eigenvalue weighted by Crippen LogP contribution is 2.24. The molecule has 6 heteroatoms. The minimum atomic E-state index is -0.524. The minimum Gasteiger partial charge on any atom is -0.444 e. The number of anilines is 1. The second-order valence-electron chi connectivity index (χ2n) is 6.41. The van der Waals surface area contributed by atoms with E-state index in [1.807, 2.05) is 58.4 Å². The van der Waals surface area contributed by atoms with Gasteiger partial charge in [-0.25, -0.2) is 9.48 Å². The van der Waals surface area contributed by atoms with Crippen molar-refractivity contribution in [2.45, 2.75) is 53.2 Å². The van der Waals surface area contributed by atoms with Crippen LogP contribution in [0.1, 0.15) is 46.2 Å². The van der Waals surface area contributed by atoms with E-state index < -0.39 is 11.7 Å². The molecular formula is C15H22N4O2. The number of hydrogen-bond acceptors (Lipinski definition) is 4. The van der Waals surface area contributed by atoms with Crippen LogP contribution in [0.15, 0.2) is 12.1 Å². The molecule has 6 nitrogen and oxygen atoms in total. The molecule has 0 atom stereocenters. The third-order valence-electron chi connectivity index (χ3n) is 2.94. The van der Waals surface area contributed by atoms with Crippen LogP contribution in [0, 0.1) is 6.92 Å². The molecule has 114 valence electrons. The molecule has 0 radical (unpaired) electrons. The number of amides is 1. The Kier molecular flexibility index (Phi) is 3.89. The second-order valence-corrected chi connectivity index (χ2v) is 6.41. The molecule has 1 aromatic carbocycles. The van der Waals surface area contributed by atoms with Crippen molar-refractivity contribution < 1.29 is 9.53 Å². The lowest BCUT2D eigenvalue weighted by atomic mass is 10.1. The highest BCUT2D eigenvalue weighted by atomic mass is 16.6. The van der Waals surface area contributed by atoms with Gasteiger partial charge in [0.2, 0.25) is 0 Å². The van der Waals surface area contributed by atoms with Crippen LogP contribution in [0.2, 0.25) is 0 Å². The van der Waals surface area contributed by atoms with Gasteiger partial charge in [0.1, 0.15) is 11.1 Å². The fraction of sp³-hybridized carbons (Fsp3) is 0.533. The van der Waals surface area contributed by atoms with Gasteiger partial charge in [-0.15, -0.1) is 5.10 Å². The normalized spacial score (nSPS) is 12.0. The Morgan fingerprint density at radius 1 is 1.33 bits per heavy atom. The predicted molar refractivity (Wildman–Crippen MR) is 82.5 cm³/mol. The number of aromatic nitrogens is 3. The number of ether oxygens (including phenoxy) is 1. The number of carbonyl (C=O) groups is 1. The van der Waals surface area contributed by atoms with Gasteiger partial charge in [0.25, 0.3) is 0 Å². The van der Waals surface area contributed by atoms with Gasteiger partial charge in [-0.2, -0.15) is 0 Å². The number of aryl methyl sites for hydroxylation is 1. The largest absolute Gasteiger partial charge is 0.444 e. The van der Waals surface area contributed by atoms with Gasteiger partial charge in [0.15, 0.2) is 0 Å². The van der Waals surface area contributed by atoms with Crippen LogP contribution in [0.5, 0.6) is 0 Å². The molecule has 0 unspecified atom stereocenters. The quantitative estimate of drug-likeness (QED) is 0.916. The zero-order valence-electron chi connectivity index (χ0n) is 13.4. The summed E-state index contributed by atoms with van der Waals surface area (Å²) in [5.41, 5.74) is 2.81. The maximum atomic E-state index is 11.9. The summed E-state index contributed by atoms with van der Waals surface area (Å²) in [7, 11) is 0. The molecule has 0 saturated heterocycles. The Labute approximate surface area is 124 Å². The van der Waals surface area contributed by atoms with Crippen LogP contribution in [0.25, 0.3) is 11.0 Å². The molecule has 0 aliphatic heterocycles. The van der Waals surface area contributed by atoms with Crippen molar-refractivity contribution in [2.24, 2.45) is 0 Å². The van der Waals surface area contributed by atoms with E-state index in [0.29, 0.717) is 5.69 Å². The molecule has 1 aromatic heterocycles. The van der Waals surface area contributed by atoms with Crippen molar-refractivity contribution in [3.05, 3.63) is 17.7 Å². The Hall–Kier alpha value is -2.11. The molecule has 0 saturated carbocycles. The molecule has 0 aliphatic carbocycles. The molecule has 1 heterocycles. The van der Waals surface area contributed by atoms with E-state index >= 15 is 0 Å². The third kappa shape index (κ3) is 3.51. The lowest BCUT2D eigenvalue weighted by Crippen LogP contribution is -2.27. The summed E-state index contributed by atoms with van der Waals surface area (Å²) in [5.74, 6) is 0. The lowest BCUT2D eigenvalue weighted by Gasteiger charge is -2.20. The molecule has 0 aliphatic rings. The maximum Gasteiger partial charge on any atom is 0.412 e. The first-order chi connectivity index (χ1) is 9.67. The average Bonchev–Trinajstić information content (AvgIpc) is 2.69. The summed E-state index contributed by atoms with van der Waals surface area (Å²) >= 11 is 0. The zero-order chi connectivity index (χ0) is 15.8. The fourth-order valence-corrected chi connectivity index (χ4v) is 2.02. The smallest absolute Gasteiger partial charge is 0.412 e. The highest BCUT2D eigenvalue weighted by Gasteiger charge is 2.18. The average molecular weight is 290 g/mol. The fourth-order valence-electron chi connectivity index (χ4n) is 2.02. The van der Waals surface area contributed by atoms with E-state index in [0.717, 1.165) is 16.6 Å². The first kappa shape index (κ1) is 15.3. The first-order valence-corrected chi connectivity index (χ1v) is 7.03. The van der Waals surface area contributed by atoms with E-state index in [1.54, 1.807) is 0 Å². The van der Waals surface area contributed by atoms with Crippen LogP contribution in [0.4, 0.5) is 10.5 Å². The SMILES string of the molecule is Cc1cc2nnn(C(C)C)c2cc1NC(=O)OC(C)(C)C. The molecule has 2 aromatic rings. The Morgan fingerprint density at radius 2 is 2.00 bits per heavy atom. The molecular weight excluding hydrogens is 268 g/mol. The van der Waals surface area contributed by atoms with Crippen LogP contribution < -0.4 is 5.32 Å². The minimum absolute atomic E-state index is 0.201. The van der Waals surface area contributed by atoms with Crippen LogP contribution >= 0.6 is 0 Å². The van der Waals surface area contributed by atoms with Gasteiger partial charge in [0, 0.05) is 11.7 Å². The molecule has 0 fully saturated rings. The number of benzene rings is 1. The monoisotopic (exact) mass is 290 g/mol. The summed E-state index contributed by atoms with van der Waals surface area (Å²) in [6, 6.07) is 4.00. The third-order valence-corrected chi connectivity index (χ3v) is 2.94. The van der Waals surface area contributed by atoms with E-state index in [1.165, 1.54) is 0 Å². The molecule has 21 heavy (non-hydrogen) atoms. The van der Waals surface area contributed by atoms with Crippen molar-refractivity contribution in [2.75, 3.05) is 5.32 Å². The Bertz CT molecular complexity index is 668. The molecule has 1 N–H and O–H groups in total.